The molecule has 0 amide bonds. The van der Waals surface area contributed by atoms with E-state index in [0.717, 1.165) is 11.8 Å². The van der Waals surface area contributed by atoms with Gasteiger partial charge >= 0.3 is 5.97 Å². The molecule has 0 radical (unpaired) electrons. The minimum absolute atomic E-state index is 0.145. The van der Waals surface area contributed by atoms with E-state index in [1.54, 1.807) is 11.8 Å². The van der Waals surface area contributed by atoms with Crippen molar-refractivity contribution in [2.45, 2.75) is 10.8 Å². The van der Waals surface area contributed by atoms with Crippen LogP contribution >= 0.6 is 11.8 Å². The van der Waals surface area contributed by atoms with E-state index < -0.39 is 11.8 Å². The van der Waals surface area contributed by atoms with E-state index in [9.17, 15) is 9.18 Å². The van der Waals surface area contributed by atoms with E-state index >= 15 is 0 Å². The molecule has 3 nitrogen and oxygen atoms in total. The third-order valence-corrected chi connectivity index (χ3v) is 4.62. The third-order valence-electron chi connectivity index (χ3n) is 3.37. The van der Waals surface area contributed by atoms with Gasteiger partial charge in [0.1, 0.15) is 5.82 Å². The van der Waals surface area contributed by atoms with Gasteiger partial charge in [-0.25, -0.2) is 9.18 Å². The predicted octanol–water partition coefficient (Wildman–Crippen LogP) is 3.45. The van der Waals surface area contributed by atoms with Crippen molar-refractivity contribution in [3.8, 4) is 0 Å². The lowest BCUT2D eigenvalue weighted by atomic mass is 10.0. The van der Waals surface area contributed by atoms with E-state index in [2.05, 4.69) is 6.07 Å². The van der Waals surface area contributed by atoms with Crippen LogP contribution in [0.5, 0.6) is 0 Å². The average Bonchev–Trinajstić information content (AvgIpc) is 2.87. The number of ether oxygens (including phenoxy) is 1. The maximum absolute atomic E-state index is 13.2. The van der Waals surface area contributed by atoms with Crippen LogP contribution in [0.1, 0.15) is 21.8 Å². The van der Waals surface area contributed by atoms with Gasteiger partial charge in [-0.3, -0.25) is 0 Å². The molecule has 2 aromatic carbocycles. The number of halogens is 1. The minimum Gasteiger partial charge on any atom is -0.461 e. The molecule has 0 spiro atoms. The molecule has 2 N–H and O–H groups in total. The maximum atomic E-state index is 13.2. The number of nitrogens with two attached hydrogens (primary N) is 1. The lowest BCUT2D eigenvalue weighted by molar-refractivity contribution is 0.0487. The summed E-state index contributed by atoms with van der Waals surface area (Å²) < 4.78 is 18.5. The van der Waals surface area contributed by atoms with Crippen LogP contribution in [-0.2, 0) is 4.74 Å². The van der Waals surface area contributed by atoms with Gasteiger partial charge in [-0.05, 0) is 29.8 Å². The molecular weight excluding hydrogens is 289 g/mol. The fourth-order valence-corrected chi connectivity index (χ4v) is 3.59. The SMILES string of the molecule is Nc1cc(F)cc(C(=O)OCC2CSc3ccccc32)c1. The molecule has 0 saturated carbocycles. The zero-order valence-electron chi connectivity index (χ0n) is 11.2. The summed E-state index contributed by atoms with van der Waals surface area (Å²) >= 11 is 1.76. The molecule has 5 heteroatoms. The molecule has 0 aromatic heterocycles. The topological polar surface area (TPSA) is 52.3 Å². The largest absolute Gasteiger partial charge is 0.461 e. The van der Waals surface area contributed by atoms with Gasteiger partial charge in [0.2, 0.25) is 0 Å². The Bertz CT molecular complexity index is 669. The quantitative estimate of drug-likeness (QED) is 0.697. The van der Waals surface area contributed by atoms with Gasteiger partial charge in [-0.15, -0.1) is 11.8 Å². The summed E-state index contributed by atoms with van der Waals surface area (Å²) in [6.45, 7) is 0.291. The van der Waals surface area contributed by atoms with Crippen molar-refractivity contribution < 1.29 is 13.9 Å². The Balaban J connectivity index is 1.67. The highest BCUT2D eigenvalue weighted by molar-refractivity contribution is 7.99. The molecule has 0 fully saturated rings. The van der Waals surface area contributed by atoms with E-state index in [0.29, 0.717) is 6.61 Å². The summed E-state index contributed by atoms with van der Waals surface area (Å²) in [5.74, 6) is -0.0156. The number of hydrogen-bond donors (Lipinski definition) is 1. The van der Waals surface area contributed by atoms with Crippen molar-refractivity contribution >= 4 is 23.4 Å². The van der Waals surface area contributed by atoms with Crippen molar-refractivity contribution in [3.05, 3.63) is 59.4 Å². The average molecular weight is 303 g/mol. The van der Waals surface area contributed by atoms with Gasteiger partial charge in [0, 0.05) is 22.3 Å². The summed E-state index contributed by atoms with van der Waals surface area (Å²) in [6, 6.07) is 11.8. The molecule has 0 bridgehead atoms. The number of esters is 1. The number of fused-ring (bicyclic) bond motifs is 1. The number of anilines is 1. The zero-order chi connectivity index (χ0) is 14.8. The Labute approximate surface area is 126 Å². The van der Waals surface area contributed by atoms with Gasteiger partial charge in [-0.2, -0.15) is 0 Å². The summed E-state index contributed by atoms with van der Waals surface area (Å²) in [5, 5.41) is 0. The first-order valence-electron chi connectivity index (χ1n) is 6.58. The van der Waals surface area contributed by atoms with E-state index in [-0.39, 0.29) is 17.2 Å². The van der Waals surface area contributed by atoms with E-state index in [1.165, 1.54) is 22.6 Å². The first kappa shape index (κ1) is 13.9. The number of thioether (sulfide) groups is 1. The van der Waals surface area contributed by atoms with Gasteiger partial charge in [0.15, 0.2) is 0 Å². The number of rotatable bonds is 3. The number of hydrogen-bond acceptors (Lipinski definition) is 4. The number of carbonyl (C=O) groups excluding carboxylic acids is 1. The van der Waals surface area contributed by atoms with Gasteiger partial charge in [0.05, 0.1) is 12.2 Å². The lowest BCUT2D eigenvalue weighted by Gasteiger charge is -2.11. The molecule has 1 aliphatic rings. The van der Waals surface area contributed by atoms with Crippen LogP contribution in [0, 0.1) is 5.82 Å². The molecule has 1 atom stereocenters. The highest BCUT2D eigenvalue weighted by Gasteiger charge is 2.24. The molecule has 3 rings (SSSR count). The van der Waals surface area contributed by atoms with Crippen molar-refractivity contribution in [2.24, 2.45) is 0 Å². The van der Waals surface area contributed by atoms with Gasteiger partial charge in [0.25, 0.3) is 0 Å². The molecule has 1 aliphatic heterocycles. The lowest BCUT2D eigenvalue weighted by Crippen LogP contribution is -2.13. The molecule has 108 valence electrons. The second-order valence-electron chi connectivity index (χ2n) is 4.92. The molecule has 0 saturated heterocycles. The molecule has 0 aliphatic carbocycles. The first-order valence-corrected chi connectivity index (χ1v) is 7.57. The zero-order valence-corrected chi connectivity index (χ0v) is 12.0. The predicted molar refractivity (Wildman–Crippen MR) is 81.0 cm³/mol. The standard InChI is InChI=1S/C16H14FNO2S/c17-12-5-10(6-13(18)7-12)16(19)20-8-11-9-21-15-4-2-1-3-14(11)15/h1-7,11H,8-9,18H2. The third kappa shape index (κ3) is 3.03. The van der Waals surface area contributed by atoms with Crippen LogP contribution in [0.25, 0.3) is 0 Å². The number of benzene rings is 2. The molecule has 1 unspecified atom stereocenters. The maximum Gasteiger partial charge on any atom is 0.338 e. The first-order chi connectivity index (χ1) is 10.1. The smallest absolute Gasteiger partial charge is 0.338 e. The summed E-state index contributed by atoms with van der Waals surface area (Å²) in [5.41, 5.74) is 7.09. The van der Waals surface area contributed by atoms with Gasteiger partial charge in [-0.1, -0.05) is 18.2 Å². The fraction of sp³-hybridized carbons (Fsp3) is 0.188. The van der Waals surface area contributed by atoms with Crippen LogP contribution in [0.2, 0.25) is 0 Å². The fourth-order valence-electron chi connectivity index (χ4n) is 2.36. The molecular formula is C16H14FNO2S. The second kappa shape index (κ2) is 5.77. The minimum atomic E-state index is -0.546. The summed E-state index contributed by atoms with van der Waals surface area (Å²) in [4.78, 5) is 13.2. The van der Waals surface area contributed by atoms with Crippen molar-refractivity contribution in [2.75, 3.05) is 18.1 Å². The Morgan fingerprint density at radius 2 is 2.14 bits per heavy atom. The molecule has 1 heterocycles. The van der Waals surface area contributed by atoms with Crippen molar-refractivity contribution in [3.63, 3.8) is 0 Å². The van der Waals surface area contributed by atoms with Crippen LogP contribution in [-0.4, -0.2) is 18.3 Å². The summed E-state index contributed by atoms with van der Waals surface area (Å²) in [6.07, 6.45) is 0. The molecule has 2 aromatic rings. The van der Waals surface area contributed by atoms with Crippen LogP contribution < -0.4 is 5.73 Å². The van der Waals surface area contributed by atoms with Crippen molar-refractivity contribution in [1.29, 1.82) is 0 Å². The number of carbonyl (C=O) groups is 1. The van der Waals surface area contributed by atoms with Crippen LogP contribution in [0.3, 0.4) is 0 Å². The highest BCUT2D eigenvalue weighted by atomic mass is 32.2. The highest BCUT2D eigenvalue weighted by Crippen LogP contribution is 2.39. The van der Waals surface area contributed by atoms with Crippen molar-refractivity contribution in [1.82, 2.24) is 0 Å². The Morgan fingerprint density at radius 1 is 1.33 bits per heavy atom. The van der Waals surface area contributed by atoms with Crippen LogP contribution in [0.15, 0.2) is 47.4 Å². The van der Waals surface area contributed by atoms with Gasteiger partial charge < -0.3 is 10.5 Å². The van der Waals surface area contributed by atoms with E-state index in [1.807, 2.05) is 18.2 Å². The Kier molecular flexibility index (Phi) is 3.84. The Morgan fingerprint density at radius 3 is 2.95 bits per heavy atom. The Hall–Kier alpha value is -2.01. The number of nitrogen functional groups attached to an aromatic ring is 1. The van der Waals surface area contributed by atoms with E-state index in [4.69, 9.17) is 10.5 Å². The normalized spacial score (nSPS) is 16.5. The molecule has 21 heavy (non-hydrogen) atoms. The van der Waals surface area contributed by atoms with Crippen LogP contribution in [0.4, 0.5) is 10.1 Å². The second-order valence-corrected chi connectivity index (χ2v) is 5.98. The summed E-state index contributed by atoms with van der Waals surface area (Å²) in [7, 11) is 0. The monoisotopic (exact) mass is 303 g/mol.